The fourth-order valence-electron chi connectivity index (χ4n) is 2.15. The van der Waals surface area contributed by atoms with E-state index in [1.807, 2.05) is 54.4 Å². The Hall–Kier alpha value is -1.01. The van der Waals surface area contributed by atoms with Gasteiger partial charge in [-0.2, -0.15) is 0 Å². The van der Waals surface area contributed by atoms with Crippen LogP contribution in [0.1, 0.15) is 48.5 Å². The monoisotopic (exact) mass is 295 g/mol. The van der Waals surface area contributed by atoms with Crippen molar-refractivity contribution in [2.75, 3.05) is 13.1 Å². The summed E-state index contributed by atoms with van der Waals surface area (Å²) in [4.78, 5) is 13.5. The largest absolute Gasteiger partial charge is 0.487 e. The smallest absolute Gasteiger partial charge is 0.444 e. The molecule has 5 nitrogen and oxygen atoms in total. The van der Waals surface area contributed by atoms with Crippen LogP contribution in [0.5, 0.6) is 0 Å². The summed E-state index contributed by atoms with van der Waals surface area (Å²) >= 11 is 0. The van der Waals surface area contributed by atoms with Gasteiger partial charge in [0.1, 0.15) is 5.60 Å². The second-order valence-corrected chi connectivity index (χ2v) is 7.79. The first kappa shape index (κ1) is 16.4. The van der Waals surface area contributed by atoms with E-state index in [-0.39, 0.29) is 24.4 Å². The Labute approximate surface area is 127 Å². The third kappa shape index (κ3) is 3.61. The van der Waals surface area contributed by atoms with Crippen molar-refractivity contribution in [1.82, 2.24) is 4.90 Å². The Kier molecular flexibility index (Phi) is 3.91. The predicted octanol–water partition coefficient (Wildman–Crippen LogP) is 2.79. The molecule has 0 aromatic carbocycles. The fourth-order valence-corrected chi connectivity index (χ4v) is 2.15. The molecular weight excluding hydrogens is 269 g/mol. The average molecular weight is 295 g/mol. The summed E-state index contributed by atoms with van der Waals surface area (Å²) in [5.41, 5.74) is 0.0222. The first-order valence-corrected chi connectivity index (χ1v) is 7.43. The van der Waals surface area contributed by atoms with Crippen LogP contribution in [0.15, 0.2) is 11.5 Å². The van der Waals surface area contributed by atoms with E-state index in [2.05, 4.69) is 0 Å². The first-order chi connectivity index (χ1) is 9.40. The molecule has 1 amide bonds. The SMILES string of the molecule is CC(C)(C)OC(=O)N1CC(=CB2OC(C)(C)C(C)(C)O2)C1. The molecule has 0 bridgehead atoms. The molecule has 118 valence electrons. The maximum Gasteiger partial charge on any atom is 0.487 e. The summed E-state index contributed by atoms with van der Waals surface area (Å²) in [5.74, 6) is 1.97. The normalized spacial score (nSPS) is 23.9. The molecule has 0 radical (unpaired) electrons. The summed E-state index contributed by atoms with van der Waals surface area (Å²) in [6.45, 7) is 14.9. The molecule has 2 rings (SSSR count). The van der Waals surface area contributed by atoms with E-state index in [9.17, 15) is 4.79 Å². The van der Waals surface area contributed by atoms with Crippen LogP contribution in [0, 0.1) is 0 Å². The predicted molar refractivity (Wildman–Crippen MR) is 82.0 cm³/mol. The topological polar surface area (TPSA) is 48.0 Å². The second-order valence-electron chi connectivity index (χ2n) is 7.79. The van der Waals surface area contributed by atoms with Gasteiger partial charge in [-0.05, 0) is 54.0 Å². The molecule has 0 saturated carbocycles. The molecule has 0 aliphatic carbocycles. The quantitative estimate of drug-likeness (QED) is 0.698. The molecule has 0 N–H and O–H groups in total. The van der Waals surface area contributed by atoms with Gasteiger partial charge in [-0.15, -0.1) is 0 Å². The van der Waals surface area contributed by atoms with Gasteiger partial charge in [0.25, 0.3) is 0 Å². The molecule has 6 heteroatoms. The van der Waals surface area contributed by atoms with E-state index >= 15 is 0 Å². The third-order valence-electron chi connectivity index (χ3n) is 4.08. The van der Waals surface area contributed by atoms with E-state index in [1.165, 1.54) is 0 Å². The number of likely N-dealkylation sites (tertiary alicyclic amines) is 1. The van der Waals surface area contributed by atoms with Crippen LogP contribution in [0.3, 0.4) is 0 Å². The van der Waals surface area contributed by atoms with Crippen molar-refractivity contribution >= 4 is 13.2 Å². The van der Waals surface area contributed by atoms with Crippen molar-refractivity contribution < 1.29 is 18.8 Å². The Morgan fingerprint density at radius 3 is 2.10 bits per heavy atom. The van der Waals surface area contributed by atoms with Crippen molar-refractivity contribution in [1.29, 1.82) is 0 Å². The Bertz CT molecular complexity index is 441. The molecule has 0 aromatic heterocycles. The summed E-state index contributed by atoms with van der Waals surface area (Å²) in [7, 11) is -0.342. The maximum absolute atomic E-state index is 11.8. The van der Waals surface area contributed by atoms with Crippen LogP contribution in [0.25, 0.3) is 0 Å². The maximum atomic E-state index is 11.8. The van der Waals surface area contributed by atoms with Crippen LogP contribution in [0.2, 0.25) is 0 Å². The van der Waals surface area contributed by atoms with Crippen LogP contribution >= 0.6 is 0 Å². The lowest BCUT2D eigenvalue weighted by molar-refractivity contribution is 0.00578. The zero-order valence-electron chi connectivity index (χ0n) is 14.1. The minimum atomic E-state index is -0.456. The van der Waals surface area contributed by atoms with E-state index in [1.54, 1.807) is 4.90 Å². The van der Waals surface area contributed by atoms with Crippen molar-refractivity contribution in [3.05, 3.63) is 11.5 Å². The summed E-state index contributed by atoms with van der Waals surface area (Å²) in [6.07, 6.45) is -0.270. The molecule has 0 unspecified atom stereocenters. The summed E-state index contributed by atoms with van der Waals surface area (Å²) < 4.78 is 17.2. The number of amides is 1. The molecule has 0 aromatic rings. The highest BCUT2D eigenvalue weighted by Crippen LogP contribution is 2.37. The van der Waals surface area contributed by atoms with Crippen molar-refractivity contribution in [3.8, 4) is 0 Å². The number of carbonyl (C=O) groups is 1. The standard InChI is InChI=1S/C15H26BNO4/c1-13(2,3)19-12(18)17-9-11(10-17)8-16-20-14(4,5)15(6,7)21-16/h8H,9-10H2,1-7H3. The van der Waals surface area contributed by atoms with Gasteiger partial charge < -0.3 is 18.9 Å². The molecule has 0 spiro atoms. The molecule has 2 aliphatic rings. The molecule has 2 aliphatic heterocycles. The molecule has 2 saturated heterocycles. The van der Waals surface area contributed by atoms with Gasteiger partial charge >= 0.3 is 13.2 Å². The minimum Gasteiger partial charge on any atom is -0.444 e. The first-order valence-electron chi connectivity index (χ1n) is 7.43. The number of carbonyl (C=O) groups excluding carboxylic acids is 1. The molecular formula is C15H26BNO4. The van der Waals surface area contributed by atoms with Crippen LogP contribution in [-0.4, -0.2) is 48.0 Å². The molecule has 0 atom stereocenters. The Morgan fingerprint density at radius 1 is 1.19 bits per heavy atom. The van der Waals surface area contributed by atoms with Gasteiger partial charge in [0.15, 0.2) is 0 Å². The molecule has 2 heterocycles. The van der Waals surface area contributed by atoms with Crippen molar-refractivity contribution in [2.45, 2.75) is 65.3 Å². The Balaban J connectivity index is 1.87. The lowest BCUT2D eigenvalue weighted by atomic mass is 9.85. The van der Waals surface area contributed by atoms with E-state index < -0.39 is 5.60 Å². The zero-order chi connectivity index (χ0) is 16.1. The second kappa shape index (κ2) is 5.02. The third-order valence-corrected chi connectivity index (χ3v) is 4.08. The van der Waals surface area contributed by atoms with E-state index in [4.69, 9.17) is 14.0 Å². The van der Waals surface area contributed by atoms with Gasteiger partial charge in [-0.25, -0.2) is 4.79 Å². The summed E-state index contributed by atoms with van der Waals surface area (Å²) in [5, 5.41) is 0. The van der Waals surface area contributed by atoms with Gasteiger partial charge in [0.05, 0.1) is 11.2 Å². The van der Waals surface area contributed by atoms with E-state index in [0.717, 1.165) is 5.57 Å². The van der Waals surface area contributed by atoms with Gasteiger partial charge in [0, 0.05) is 13.1 Å². The molecule has 2 fully saturated rings. The minimum absolute atomic E-state index is 0.270. The van der Waals surface area contributed by atoms with Gasteiger partial charge in [-0.3, -0.25) is 0 Å². The average Bonchev–Trinajstić information content (AvgIpc) is 2.37. The van der Waals surface area contributed by atoms with Crippen LogP contribution in [0.4, 0.5) is 4.79 Å². The van der Waals surface area contributed by atoms with Gasteiger partial charge in [0.2, 0.25) is 0 Å². The van der Waals surface area contributed by atoms with E-state index in [0.29, 0.717) is 13.1 Å². The van der Waals surface area contributed by atoms with Crippen molar-refractivity contribution in [2.24, 2.45) is 0 Å². The van der Waals surface area contributed by atoms with Gasteiger partial charge in [-0.1, -0.05) is 5.98 Å². The Morgan fingerprint density at radius 2 is 1.67 bits per heavy atom. The molecule has 21 heavy (non-hydrogen) atoms. The van der Waals surface area contributed by atoms with Crippen LogP contribution < -0.4 is 0 Å². The summed E-state index contributed by atoms with van der Waals surface area (Å²) in [6, 6.07) is 0. The number of hydrogen-bond donors (Lipinski definition) is 0. The highest BCUT2D eigenvalue weighted by molar-refractivity contribution is 6.51. The number of ether oxygens (including phenoxy) is 1. The van der Waals surface area contributed by atoms with Crippen molar-refractivity contribution in [3.63, 3.8) is 0 Å². The fraction of sp³-hybridized carbons (Fsp3) is 0.800. The van der Waals surface area contributed by atoms with Crippen LogP contribution in [-0.2, 0) is 14.0 Å². The number of hydrogen-bond acceptors (Lipinski definition) is 4. The number of nitrogens with zero attached hydrogens (tertiary/aromatic N) is 1. The number of rotatable bonds is 1. The lowest BCUT2D eigenvalue weighted by Crippen LogP contribution is -2.47. The highest BCUT2D eigenvalue weighted by atomic mass is 16.7. The highest BCUT2D eigenvalue weighted by Gasteiger charge is 2.50. The zero-order valence-corrected chi connectivity index (χ0v) is 14.1. The lowest BCUT2D eigenvalue weighted by Gasteiger charge is -2.35.